The molecule has 118 valence electrons. The van der Waals surface area contributed by atoms with Crippen molar-refractivity contribution in [3.8, 4) is 0 Å². The molecule has 23 heavy (non-hydrogen) atoms. The summed E-state index contributed by atoms with van der Waals surface area (Å²) in [5, 5.41) is 11.4. The zero-order valence-corrected chi connectivity index (χ0v) is 12.9. The van der Waals surface area contributed by atoms with Crippen molar-refractivity contribution in [1.82, 2.24) is 5.32 Å². The van der Waals surface area contributed by atoms with Crippen molar-refractivity contribution in [2.24, 2.45) is 4.99 Å². The molecule has 5 nitrogen and oxygen atoms in total. The molecule has 1 aromatic carbocycles. The summed E-state index contributed by atoms with van der Waals surface area (Å²) in [5.41, 5.74) is 3.59. The largest absolute Gasteiger partial charge is 0.481 e. The van der Waals surface area contributed by atoms with E-state index >= 15 is 0 Å². The van der Waals surface area contributed by atoms with Gasteiger partial charge in [0, 0.05) is 6.42 Å². The van der Waals surface area contributed by atoms with Gasteiger partial charge in [0.25, 0.3) is 0 Å². The maximum atomic E-state index is 11.9. The van der Waals surface area contributed by atoms with Crippen LogP contribution in [-0.4, -0.2) is 22.7 Å². The molecule has 0 aliphatic heterocycles. The molecule has 5 heteroatoms. The number of amides is 1. The van der Waals surface area contributed by atoms with Crippen LogP contribution in [0.3, 0.4) is 0 Å². The molecule has 1 aliphatic carbocycles. The number of rotatable bonds is 5. The topological polar surface area (TPSA) is 78.8 Å². The van der Waals surface area contributed by atoms with E-state index in [0.29, 0.717) is 17.0 Å². The number of carbonyl (C=O) groups excluding carboxylic acids is 1. The fourth-order valence-corrected chi connectivity index (χ4v) is 2.07. The second kappa shape index (κ2) is 7.35. The minimum absolute atomic E-state index is 0.0828. The summed E-state index contributed by atoms with van der Waals surface area (Å²) in [6.45, 7) is 5.90. The van der Waals surface area contributed by atoms with Crippen molar-refractivity contribution >= 4 is 23.3 Å². The Balaban J connectivity index is 2.23. The normalized spacial score (nSPS) is 15.4. The van der Waals surface area contributed by atoms with Gasteiger partial charge in [-0.05, 0) is 30.2 Å². The molecule has 0 aromatic heterocycles. The highest BCUT2D eigenvalue weighted by molar-refractivity contribution is 6.17. The minimum Gasteiger partial charge on any atom is -0.481 e. The molecule has 0 radical (unpaired) electrons. The second-order valence-electron chi connectivity index (χ2n) is 5.15. The van der Waals surface area contributed by atoms with Crippen molar-refractivity contribution in [2.75, 3.05) is 0 Å². The van der Waals surface area contributed by atoms with E-state index in [-0.39, 0.29) is 18.7 Å². The van der Waals surface area contributed by atoms with Crippen LogP contribution in [0.4, 0.5) is 5.69 Å². The molecule has 0 saturated heterocycles. The van der Waals surface area contributed by atoms with Crippen molar-refractivity contribution in [3.05, 3.63) is 65.9 Å². The monoisotopic (exact) mass is 310 g/mol. The lowest BCUT2D eigenvalue weighted by Gasteiger charge is -2.16. The molecule has 0 bridgehead atoms. The van der Waals surface area contributed by atoms with Crippen LogP contribution in [0.5, 0.6) is 0 Å². The molecule has 1 aromatic rings. The van der Waals surface area contributed by atoms with Gasteiger partial charge in [0.2, 0.25) is 5.91 Å². The molecule has 1 amide bonds. The van der Waals surface area contributed by atoms with Crippen LogP contribution >= 0.6 is 0 Å². The van der Waals surface area contributed by atoms with E-state index in [9.17, 15) is 9.59 Å². The first-order chi connectivity index (χ1) is 11.0. The van der Waals surface area contributed by atoms with Crippen LogP contribution in [-0.2, 0) is 9.59 Å². The quantitative estimate of drug-likeness (QED) is 0.877. The number of carboxylic acid groups (broad SMARTS) is 1. The van der Waals surface area contributed by atoms with Gasteiger partial charge >= 0.3 is 5.97 Å². The molecule has 0 atom stereocenters. The number of benzene rings is 1. The second-order valence-corrected chi connectivity index (χ2v) is 5.15. The third kappa shape index (κ3) is 4.51. The number of allylic oxidation sites excluding steroid dienone is 4. The average molecular weight is 310 g/mol. The predicted molar refractivity (Wildman–Crippen MR) is 89.6 cm³/mol. The summed E-state index contributed by atoms with van der Waals surface area (Å²) in [6.07, 6.45) is 5.02. The predicted octanol–water partition coefficient (Wildman–Crippen LogP) is 3.06. The molecule has 0 unspecified atom stereocenters. The Hall–Kier alpha value is -2.95. The van der Waals surface area contributed by atoms with Gasteiger partial charge in [0.05, 0.1) is 23.5 Å². The highest BCUT2D eigenvalue weighted by Gasteiger charge is 2.16. The van der Waals surface area contributed by atoms with E-state index in [1.807, 2.05) is 37.3 Å². The number of aryl methyl sites for hydroxylation is 1. The molecule has 0 saturated carbocycles. The van der Waals surface area contributed by atoms with E-state index in [1.165, 1.54) is 0 Å². The summed E-state index contributed by atoms with van der Waals surface area (Å²) >= 11 is 0. The van der Waals surface area contributed by atoms with Gasteiger partial charge in [-0.2, -0.15) is 0 Å². The number of carboxylic acids is 1. The molecule has 0 fully saturated rings. The van der Waals surface area contributed by atoms with E-state index < -0.39 is 5.97 Å². The van der Waals surface area contributed by atoms with E-state index in [0.717, 1.165) is 11.3 Å². The van der Waals surface area contributed by atoms with Gasteiger partial charge < -0.3 is 10.4 Å². The summed E-state index contributed by atoms with van der Waals surface area (Å²) in [5.74, 6) is -1.37. The first-order valence-electron chi connectivity index (χ1n) is 7.21. The Morgan fingerprint density at radius 2 is 2.00 bits per heavy atom. The Morgan fingerprint density at radius 3 is 2.70 bits per heavy atom. The fourth-order valence-electron chi connectivity index (χ4n) is 2.07. The molecule has 2 N–H and O–H groups in total. The fraction of sp³-hybridized carbons (Fsp3) is 0.167. The lowest BCUT2D eigenvalue weighted by atomic mass is 10.0. The standard InChI is InChI=1S/C18H18N2O3/c1-12-6-3-4-8-14(12)20-18-13(2)7-5-9-15(18)19-16(21)10-11-17(22)23/h3-9H,2,10-11H2,1H3,(H,19,21)(H,22,23). The van der Waals surface area contributed by atoms with Crippen molar-refractivity contribution in [1.29, 1.82) is 0 Å². The average Bonchev–Trinajstić information content (AvgIpc) is 2.50. The first-order valence-corrected chi connectivity index (χ1v) is 7.21. The number of aliphatic imine (C=N–C) groups is 1. The number of hydrogen-bond donors (Lipinski definition) is 2. The van der Waals surface area contributed by atoms with Crippen LogP contribution in [0, 0.1) is 6.92 Å². The lowest BCUT2D eigenvalue weighted by molar-refractivity contribution is -0.138. The Labute approximate surface area is 134 Å². The minimum atomic E-state index is -1.00. The van der Waals surface area contributed by atoms with Crippen LogP contribution < -0.4 is 5.32 Å². The van der Waals surface area contributed by atoms with Gasteiger partial charge in [-0.25, -0.2) is 4.99 Å². The number of hydrogen-bond acceptors (Lipinski definition) is 3. The van der Waals surface area contributed by atoms with Gasteiger partial charge in [-0.3, -0.25) is 9.59 Å². The number of para-hydroxylation sites is 1. The highest BCUT2D eigenvalue weighted by Crippen LogP contribution is 2.22. The Morgan fingerprint density at radius 1 is 1.26 bits per heavy atom. The molecule has 1 aliphatic rings. The summed E-state index contributed by atoms with van der Waals surface area (Å²) in [4.78, 5) is 27.0. The van der Waals surface area contributed by atoms with Gasteiger partial charge in [0.15, 0.2) is 0 Å². The summed E-state index contributed by atoms with van der Waals surface area (Å²) in [6, 6.07) is 7.66. The Bertz CT molecular complexity index is 742. The SMILES string of the molecule is C=C1C=CC=C(NC(=O)CCC(=O)O)C1=Nc1ccccc1C. The van der Waals surface area contributed by atoms with Crippen molar-refractivity contribution < 1.29 is 14.7 Å². The zero-order chi connectivity index (χ0) is 16.8. The maximum absolute atomic E-state index is 11.9. The third-order valence-corrected chi connectivity index (χ3v) is 3.31. The number of nitrogens with one attached hydrogen (secondary N) is 1. The summed E-state index contributed by atoms with van der Waals surface area (Å²) < 4.78 is 0. The molecule has 0 spiro atoms. The smallest absolute Gasteiger partial charge is 0.303 e. The molecular formula is C18H18N2O3. The van der Waals surface area contributed by atoms with Gasteiger partial charge in [-0.15, -0.1) is 0 Å². The van der Waals surface area contributed by atoms with Gasteiger partial charge in [0.1, 0.15) is 0 Å². The maximum Gasteiger partial charge on any atom is 0.303 e. The van der Waals surface area contributed by atoms with E-state index in [4.69, 9.17) is 5.11 Å². The molecule has 2 rings (SSSR count). The number of nitrogens with zero attached hydrogens (tertiary/aromatic N) is 1. The van der Waals surface area contributed by atoms with E-state index in [2.05, 4.69) is 16.9 Å². The Kier molecular flexibility index (Phi) is 5.25. The third-order valence-electron chi connectivity index (χ3n) is 3.31. The number of aliphatic carboxylic acids is 1. The van der Waals surface area contributed by atoms with Crippen LogP contribution in [0.15, 0.2) is 65.3 Å². The highest BCUT2D eigenvalue weighted by atomic mass is 16.4. The molecular weight excluding hydrogens is 292 g/mol. The zero-order valence-electron chi connectivity index (χ0n) is 12.9. The van der Waals surface area contributed by atoms with Crippen LogP contribution in [0.2, 0.25) is 0 Å². The lowest BCUT2D eigenvalue weighted by Crippen LogP contribution is -2.29. The molecule has 0 heterocycles. The van der Waals surface area contributed by atoms with Crippen LogP contribution in [0.1, 0.15) is 18.4 Å². The van der Waals surface area contributed by atoms with Gasteiger partial charge in [-0.1, -0.05) is 36.9 Å². The number of carbonyl (C=O) groups is 2. The summed E-state index contributed by atoms with van der Waals surface area (Å²) in [7, 11) is 0. The first kappa shape index (κ1) is 16.4. The van der Waals surface area contributed by atoms with Crippen molar-refractivity contribution in [3.63, 3.8) is 0 Å². The van der Waals surface area contributed by atoms with E-state index in [1.54, 1.807) is 12.2 Å². The van der Waals surface area contributed by atoms with Crippen LogP contribution in [0.25, 0.3) is 0 Å². The van der Waals surface area contributed by atoms with Crippen molar-refractivity contribution in [2.45, 2.75) is 19.8 Å².